The quantitative estimate of drug-likeness (QED) is 0.386. The third-order valence-corrected chi connectivity index (χ3v) is 5.45. The molecule has 3 aromatic carbocycles. The lowest BCUT2D eigenvalue weighted by Crippen LogP contribution is -2.32. The molecule has 4 rings (SSSR count). The van der Waals surface area contributed by atoms with Crippen LogP contribution in [0.25, 0.3) is 11.0 Å². The Bertz CT molecular complexity index is 1200. The second-order valence-electron chi connectivity index (χ2n) is 7.77. The van der Waals surface area contributed by atoms with Crippen LogP contribution in [0.15, 0.2) is 72.8 Å². The minimum Gasteiger partial charge on any atom is -0.327 e. The van der Waals surface area contributed by atoms with E-state index in [0.29, 0.717) is 18.7 Å². The summed E-state index contributed by atoms with van der Waals surface area (Å²) in [5.74, 6) is 0.226. The number of para-hydroxylation sites is 2. The highest BCUT2D eigenvalue weighted by atomic mass is 19.1. The molecule has 0 radical (unpaired) electrons. The lowest BCUT2D eigenvalue weighted by molar-refractivity contribution is 0.0722. The number of nitrogens with zero attached hydrogens (tertiary/aromatic N) is 3. The summed E-state index contributed by atoms with van der Waals surface area (Å²) in [6.45, 7) is 5.55. The number of halogens is 1. The topological polar surface area (TPSA) is 38.1 Å². The summed E-state index contributed by atoms with van der Waals surface area (Å²) in [4.78, 5) is 20.1. The molecule has 0 saturated carbocycles. The van der Waals surface area contributed by atoms with Crippen molar-refractivity contribution < 1.29 is 9.18 Å². The van der Waals surface area contributed by atoms with E-state index in [1.54, 1.807) is 11.0 Å². The number of amides is 1. The molecule has 0 atom stereocenters. The second kappa shape index (κ2) is 9.13. The standard InChI is InChI=1S/C26H26FN3O/c1-3-15-30-24-12-8-7-11-23(24)28-25(30)18-29(17-20-9-5-4-6-10-20)26(31)22-16-21(27)14-13-19(22)2/h4-14,16H,3,15,17-18H2,1-2H3. The normalized spacial score (nSPS) is 11.1. The van der Waals surface area contributed by atoms with Gasteiger partial charge in [-0.05, 0) is 48.7 Å². The fourth-order valence-corrected chi connectivity index (χ4v) is 3.89. The third kappa shape index (κ3) is 4.50. The molecule has 158 valence electrons. The highest BCUT2D eigenvalue weighted by molar-refractivity contribution is 5.95. The maximum atomic E-state index is 13.9. The van der Waals surface area contributed by atoms with E-state index in [4.69, 9.17) is 4.98 Å². The first-order valence-corrected chi connectivity index (χ1v) is 10.6. The fourth-order valence-electron chi connectivity index (χ4n) is 3.89. The molecule has 0 aliphatic rings. The van der Waals surface area contributed by atoms with Gasteiger partial charge in [0.15, 0.2) is 0 Å². The molecule has 1 aromatic heterocycles. The number of imidazole rings is 1. The van der Waals surface area contributed by atoms with Gasteiger partial charge in [-0.25, -0.2) is 9.37 Å². The van der Waals surface area contributed by atoms with Crippen molar-refractivity contribution in [2.75, 3.05) is 0 Å². The Morgan fingerprint density at radius 1 is 1.00 bits per heavy atom. The zero-order valence-electron chi connectivity index (χ0n) is 17.9. The first kappa shape index (κ1) is 20.8. The average Bonchev–Trinajstić information content (AvgIpc) is 3.12. The Kier molecular flexibility index (Phi) is 6.12. The third-order valence-electron chi connectivity index (χ3n) is 5.45. The number of rotatable bonds is 7. The lowest BCUT2D eigenvalue weighted by atomic mass is 10.1. The SMILES string of the molecule is CCCn1c(CN(Cc2ccccc2)C(=O)c2cc(F)ccc2C)nc2ccccc21. The summed E-state index contributed by atoms with van der Waals surface area (Å²) >= 11 is 0. The molecule has 0 unspecified atom stereocenters. The number of fused-ring (bicyclic) bond motifs is 1. The van der Waals surface area contributed by atoms with E-state index in [1.807, 2.05) is 55.5 Å². The molecule has 1 heterocycles. The van der Waals surface area contributed by atoms with Gasteiger partial charge >= 0.3 is 0 Å². The zero-order valence-corrected chi connectivity index (χ0v) is 17.9. The molecule has 0 aliphatic heterocycles. The number of benzene rings is 3. The number of carbonyl (C=O) groups is 1. The minimum atomic E-state index is -0.410. The molecule has 31 heavy (non-hydrogen) atoms. The molecular weight excluding hydrogens is 389 g/mol. The summed E-state index contributed by atoms with van der Waals surface area (Å²) in [6.07, 6.45) is 0.961. The van der Waals surface area contributed by atoms with Crippen molar-refractivity contribution in [2.24, 2.45) is 0 Å². The molecule has 0 bridgehead atoms. The van der Waals surface area contributed by atoms with E-state index in [1.165, 1.54) is 12.1 Å². The van der Waals surface area contributed by atoms with E-state index in [0.717, 1.165) is 41.0 Å². The van der Waals surface area contributed by atoms with Crippen LogP contribution >= 0.6 is 0 Å². The summed E-state index contributed by atoms with van der Waals surface area (Å²) in [5, 5.41) is 0. The van der Waals surface area contributed by atoms with E-state index in [2.05, 4.69) is 17.6 Å². The molecule has 4 nitrogen and oxygen atoms in total. The number of hydrogen-bond acceptors (Lipinski definition) is 2. The summed E-state index contributed by atoms with van der Waals surface area (Å²) < 4.78 is 16.1. The second-order valence-corrected chi connectivity index (χ2v) is 7.77. The Morgan fingerprint density at radius 3 is 2.52 bits per heavy atom. The van der Waals surface area contributed by atoms with Crippen LogP contribution in [0, 0.1) is 12.7 Å². The van der Waals surface area contributed by atoms with Gasteiger partial charge in [-0.3, -0.25) is 4.79 Å². The van der Waals surface area contributed by atoms with Crippen LogP contribution in [0.2, 0.25) is 0 Å². The Morgan fingerprint density at radius 2 is 1.74 bits per heavy atom. The number of carbonyl (C=O) groups excluding carboxylic acids is 1. The van der Waals surface area contributed by atoms with Crippen LogP contribution in [0.3, 0.4) is 0 Å². The molecule has 5 heteroatoms. The maximum Gasteiger partial charge on any atom is 0.254 e. The van der Waals surface area contributed by atoms with Crippen molar-refractivity contribution in [3.8, 4) is 0 Å². The maximum absolute atomic E-state index is 13.9. The zero-order chi connectivity index (χ0) is 21.8. The highest BCUT2D eigenvalue weighted by Crippen LogP contribution is 2.21. The van der Waals surface area contributed by atoms with Crippen molar-refractivity contribution >= 4 is 16.9 Å². The molecule has 0 saturated heterocycles. The van der Waals surface area contributed by atoms with Crippen LogP contribution in [-0.2, 0) is 19.6 Å². The van der Waals surface area contributed by atoms with Gasteiger partial charge in [0.1, 0.15) is 11.6 Å². The van der Waals surface area contributed by atoms with Gasteiger partial charge < -0.3 is 9.47 Å². The molecular formula is C26H26FN3O. The first-order valence-electron chi connectivity index (χ1n) is 10.6. The number of hydrogen-bond donors (Lipinski definition) is 0. The van der Waals surface area contributed by atoms with Gasteiger partial charge in [0, 0.05) is 18.7 Å². The van der Waals surface area contributed by atoms with Crippen LogP contribution in [0.1, 0.15) is 40.7 Å². The largest absolute Gasteiger partial charge is 0.327 e. The van der Waals surface area contributed by atoms with Crippen molar-refractivity contribution in [3.05, 3.63) is 101 Å². The van der Waals surface area contributed by atoms with Gasteiger partial charge in [0.25, 0.3) is 5.91 Å². The molecule has 0 spiro atoms. The van der Waals surface area contributed by atoms with Gasteiger partial charge in [-0.1, -0.05) is 55.5 Å². The van der Waals surface area contributed by atoms with E-state index in [9.17, 15) is 9.18 Å². The summed E-state index contributed by atoms with van der Waals surface area (Å²) in [6, 6.07) is 22.2. The van der Waals surface area contributed by atoms with Gasteiger partial charge in [0.2, 0.25) is 0 Å². The van der Waals surface area contributed by atoms with Crippen LogP contribution < -0.4 is 0 Å². The van der Waals surface area contributed by atoms with Crippen molar-refractivity contribution in [3.63, 3.8) is 0 Å². The number of aryl methyl sites for hydroxylation is 2. The van der Waals surface area contributed by atoms with Crippen LogP contribution in [0.5, 0.6) is 0 Å². The Labute approximate surface area is 182 Å². The lowest BCUT2D eigenvalue weighted by Gasteiger charge is -2.24. The Balaban J connectivity index is 1.74. The predicted octanol–water partition coefficient (Wildman–Crippen LogP) is 5.74. The van der Waals surface area contributed by atoms with Crippen LogP contribution in [0.4, 0.5) is 4.39 Å². The molecule has 1 amide bonds. The molecule has 0 aliphatic carbocycles. The van der Waals surface area contributed by atoms with Gasteiger partial charge in [0.05, 0.1) is 17.6 Å². The van der Waals surface area contributed by atoms with Crippen molar-refractivity contribution in [1.82, 2.24) is 14.5 Å². The number of aromatic nitrogens is 2. The van der Waals surface area contributed by atoms with Crippen molar-refractivity contribution in [1.29, 1.82) is 0 Å². The predicted molar refractivity (Wildman–Crippen MR) is 121 cm³/mol. The summed E-state index contributed by atoms with van der Waals surface area (Å²) in [7, 11) is 0. The average molecular weight is 416 g/mol. The first-order chi connectivity index (χ1) is 15.1. The Hall–Kier alpha value is -3.47. The van der Waals surface area contributed by atoms with Gasteiger partial charge in [-0.15, -0.1) is 0 Å². The monoisotopic (exact) mass is 415 g/mol. The van der Waals surface area contributed by atoms with Crippen LogP contribution in [-0.4, -0.2) is 20.4 Å². The molecule has 0 N–H and O–H groups in total. The van der Waals surface area contributed by atoms with Crippen molar-refractivity contribution in [2.45, 2.75) is 39.9 Å². The highest BCUT2D eigenvalue weighted by Gasteiger charge is 2.22. The summed E-state index contributed by atoms with van der Waals surface area (Å²) in [5.41, 5.74) is 4.14. The fraction of sp³-hybridized carbons (Fsp3) is 0.231. The minimum absolute atomic E-state index is 0.198. The van der Waals surface area contributed by atoms with Gasteiger partial charge in [-0.2, -0.15) is 0 Å². The molecule has 0 fully saturated rings. The van der Waals surface area contributed by atoms with E-state index >= 15 is 0 Å². The van der Waals surface area contributed by atoms with E-state index < -0.39 is 5.82 Å². The smallest absolute Gasteiger partial charge is 0.254 e. The molecule has 4 aromatic rings. The van der Waals surface area contributed by atoms with E-state index in [-0.39, 0.29) is 5.91 Å².